The van der Waals surface area contributed by atoms with Crippen LogP contribution < -0.4 is 19.5 Å². The Morgan fingerprint density at radius 3 is 2.63 bits per heavy atom. The molecule has 5 heteroatoms. The molecule has 0 unspecified atom stereocenters. The monoisotopic (exact) mass is 375 g/mol. The van der Waals surface area contributed by atoms with Gasteiger partial charge in [-0.15, -0.1) is 0 Å². The summed E-state index contributed by atoms with van der Waals surface area (Å²) in [5.41, 5.74) is 0. The number of rotatable bonds is 10. The summed E-state index contributed by atoms with van der Waals surface area (Å²) in [7, 11) is 0. The molecule has 5 nitrogen and oxygen atoms in total. The molecule has 27 heavy (non-hydrogen) atoms. The third kappa shape index (κ3) is 6.96. The molecule has 1 aromatic rings. The second-order valence-corrected chi connectivity index (χ2v) is 7.65. The van der Waals surface area contributed by atoms with E-state index in [2.05, 4.69) is 5.32 Å². The molecule has 0 bridgehead atoms. The second kappa shape index (κ2) is 11.1. The van der Waals surface area contributed by atoms with Crippen molar-refractivity contribution >= 4 is 5.91 Å². The number of amides is 1. The highest BCUT2D eigenvalue weighted by molar-refractivity contribution is 5.75. The van der Waals surface area contributed by atoms with Gasteiger partial charge in [0, 0.05) is 12.5 Å². The predicted octanol–water partition coefficient (Wildman–Crippen LogP) is 4.83. The summed E-state index contributed by atoms with van der Waals surface area (Å²) in [5.74, 6) is 3.13. The highest BCUT2D eigenvalue weighted by atomic mass is 16.6. The largest absolute Gasteiger partial charge is 0.486 e. The van der Waals surface area contributed by atoms with Crippen molar-refractivity contribution in [3.05, 3.63) is 18.2 Å². The van der Waals surface area contributed by atoms with Crippen molar-refractivity contribution in [1.29, 1.82) is 0 Å². The fraction of sp³-hybridized carbons (Fsp3) is 0.682. The van der Waals surface area contributed by atoms with Crippen LogP contribution in [0.2, 0.25) is 0 Å². The maximum absolute atomic E-state index is 11.9. The molecule has 0 atom stereocenters. The summed E-state index contributed by atoms with van der Waals surface area (Å²) in [6, 6.07) is 5.46. The van der Waals surface area contributed by atoms with Crippen molar-refractivity contribution in [2.45, 2.75) is 70.6 Å². The molecule has 1 fully saturated rings. The number of nitrogens with one attached hydrogen (secondary N) is 1. The topological polar surface area (TPSA) is 56.8 Å². The van der Waals surface area contributed by atoms with Gasteiger partial charge in [0.05, 0.1) is 0 Å². The number of unbranched alkanes of at least 4 members (excludes halogenated alkanes) is 3. The molecule has 0 radical (unpaired) electrons. The number of hydrogen-bond acceptors (Lipinski definition) is 4. The summed E-state index contributed by atoms with van der Waals surface area (Å²) < 4.78 is 16.6. The van der Waals surface area contributed by atoms with Crippen LogP contribution in [0.1, 0.15) is 70.6 Å². The Labute approximate surface area is 162 Å². The number of fused-ring (bicyclic) bond motifs is 1. The molecule has 150 valence electrons. The summed E-state index contributed by atoms with van der Waals surface area (Å²) in [5, 5.41) is 2.82. The van der Waals surface area contributed by atoms with Crippen molar-refractivity contribution in [3.8, 4) is 17.2 Å². The van der Waals surface area contributed by atoms with Crippen LogP contribution in [0.15, 0.2) is 18.2 Å². The maximum atomic E-state index is 11.9. The molecule has 1 aliphatic heterocycles. The molecule has 0 saturated heterocycles. The molecule has 1 N–H and O–H groups in total. The molecule has 1 aliphatic carbocycles. The van der Waals surface area contributed by atoms with Gasteiger partial charge < -0.3 is 19.5 Å². The Hall–Kier alpha value is -1.91. The van der Waals surface area contributed by atoms with Gasteiger partial charge in [-0.25, -0.2) is 0 Å². The zero-order valence-corrected chi connectivity index (χ0v) is 16.3. The van der Waals surface area contributed by atoms with Crippen molar-refractivity contribution < 1.29 is 19.0 Å². The molecular formula is C22H33NO4. The van der Waals surface area contributed by atoms with Gasteiger partial charge in [0.25, 0.3) is 0 Å². The SMILES string of the molecule is O=C(CCCCCCC1CCCCC1)NCOc1ccc2c(c1)OCCO2. The first-order valence-corrected chi connectivity index (χ1v) is 10.6. The second-order valence-electron chi connectivity index (χ2n) is 7.65. The van der Waals surface area contributed by atoms with E-state index in [1.807, 2.05) is 12.1 Å². The summed E-state index contributed by atoms with van der Waals surface area (Å²) in [4.78, 5) is 11.9. The molecular weight excluding hydrogens is 342 g/mol. The molecule has 1 amide bonds. The van der Waals surface area contributed by atoms with Crippen molar-refractivity contribution in [2.75, 3.05) is 19.9 Å². The standard InChI is InChI=1S/C22H33NO4/c24-22(11-7-2-1-4-8-18-9-5-3-6-10-18)23-17-27-19-12-13-20-21(16-19)26-15-14-25-20/h12-13,16,18H,1-11,14-15,17H2,(H,23,24). The minimum absolute atomic E-state index is 0.0554. The van der Waals surface area contributed by atoms with Crippen LogP contribution in [0, 0.1) is 5.92 Å². The minimum Gasteiger partial charge on any atom is -0.486 e. The van der Waals surface area contributed by atoms with Crippen LogP contribution >= 0.6 is 0 Å². The summed E-state index contributed by atoms with van der Waals surface area (Å²) in [6.07, 6.45) is 13.8. The minimum atomic E-state index is 0.0554. The average Bonchev–Trinajstić information content (AvgIpc) is 2.71. The number of ether oxygens (including phenoxy) is 3. The number of benzene rings is 1. The number of carbonyl (C=O) groups is 1. The lowest BCUT2D eigenvalue weighted by Crippen LogP contribution is -2.27. The normalized spacial score (nSPS) is 16.7. The first-order valence-electron chi connectivity index (χ1n) is 10.6. The highest BCUT2D eigenvalue weighted by Gasteiger charge is 2.13. The Morgan fingerprint density at radius 1 is 1.00 bits per heavy atom. The van der Waals surface area contributed by atoms with E-state index in [4.69, 9.17) is 14.2 Å². The zero-order chi connectivity index (χ0) is 18.7. The van der Waals surface area contributed by atoms with Crippen molar-refractivity contribution in [3.63, 3.8) is 0 Å². The predicted molar refractivity (Wildman–Crippen MR) is 105 cm³/mol. The molecule has 0 aromatic heterocycles. The molecule has 1 heterocycles. The van der Waals surface area contributed by atoms with E-state index < -0.39 is 0 Å². The first kappa shape index (κ1) is 19.8. The van der Waals surface area contributed by atoms with E-state index in [0.29, 0.717) is 31.1 Å². The third-order valence-electron chi connectivity index (χ3n) is 5.51. The number of hydrogen-bond donors (Lipinski definition) is 1. The number of carbonyl (C=O) groups excluding carboxylic acids is 1. The van der Waals surface area contributed by atoms with Crippen LogP contribution in [0.5, 0.6) is 17.2 Å². The lowest BCUT2D eigenvalue weighted by atomic mass is 9.85. The first-order chi connectivity index (χ1) is 13.3. The Morgan fingerprint density at radius 2 is 1.78 bits per heavy atom. The van der Waals surface area contributed by atoms with E-state index >= 15 is 0 Å². The van der Waals surface area contributed by atoms with Crippen LogP contribution in [0.4, 0.5) is 0 Å². The summed E-state index contributed by atoms with van der Waals surface area (Å²) >= 11 is 0. The van der Waals surface area contributed by atoms with E-state index in [0.717, 1.165) is 24.5 Å². The quantitative estimate of drug-likeness (QED) is 0.470. The van der Waals surface area contributed by atoms with Gasteiger partial charge in [-0.3, -0.25) is 4.79 Å². The van der Waals surface area contributed by atoms with Gasteiger partial charge in [0.15, 0.2) is 18.2 Å². The Balaban J connectivity index is 1.20. The van der Waals surface area contributed by atoms with E-state index in [1.54, 1.807) is 6.07 Å². The zero-order valence-electron chi connectivity index (χ0n) is 16.3. The molecule has 3 rings (SSSR count). The molecule has 0 spiro atoms. The third-order valence-corrected chi connectivity index (χ3v) is 5.51. The molecule has 1 saturated carbocycles. The van der Waals surface area contributed by atoms with Gasteiger partial charge in [0.1, 0.15) is 19.0 Å². The lowest BCUT2D eigenvalue weighted by molar-refractivity contribution is -0.122. The van der Waals surface area contributed by atoms with Crippen LogP contribution in [0.3, 0.4) is 0 Å². The Bertz CT molecular complexity index is 584. The molecule has 2 aliphatic rings. The van der Waals surface area contributed by atoms with E-state index in [-0.39, 0.29) is 12.6 Å². The van der Waals surface area contributed by atoms with Crippen molar-refractivity contribution in [2.24, 2.45) is 5.92 Å². The maximum Gasteiger partial charge on any atom is 0.222 e. The lowest BCUT2D eigenvalue weighted by Gasteiger charge is -2.21. The van der Waals surface area contributed by atoms with Gasteiger partial charge in [0.2, 0.25) is 5.91 Å². The van der Waals surface area contributed by atoms with E-state index in [1.165, 1.54) is 51.4 Å². The fourth-order valence-electron chi connectivity index (χ4n) is 3.95. The van der Waals surface area contributed by atoms with Gasteiger partial charge in [-0.05, 0) is 24.5 Å². The molecule has 1 aromatic carbocycles. The van der Waals surface area contributed by atoms with Crippen LogP contribution in [-0.2, 0) is 4.79 Å². The van der Waals surface area contributed by atoms with Gasteiger partial charge in [-0.2, -0.15) is 0 Å². The van der Waals surface area contributed by atoms with Gasteiger partial charge in [-0.1, -0.05) is 57.8 Å². The average molecular weight is 376 g/mol. The smallest absolute Gasteiger partial charge is 0.222 e. The summed E-state index contributed by atoms with van der Waals surface area (Å²) in [6.45, 7) is 1.30. The van der Waals surface area contributed by atoms with Crippen LogP contribution in [0.25, 0.3) is 0 Å². The van der Waals surface area contributed by atoms with E-state index in [9.17, 15) is 4.79 Å². The fourth-order valence-corrected chi connectivity index (χ4v) is 3.95. The van der Waals surface area contributed by atoms with Crippen molar-refractivity contribution in [1.82, 2.24) is 5.32 Å². The highest BCUT2D eigenvalue weighted by Crippen LogP contribution is 2.33. The van der Waals surface area contributed by atoms with Gasteiger partial charge >= 0.3 is 0 Å². The Kier molecular flexibility index (Phi) is 8.12. The van der Waals surface area contributed by atoms with Crippen LogP contribution in [-0.4, -0.2) is 25.9 Å².